The molecule has 0 radical (unpaired) electrons. The Morgan fingerprint density at radius 2 is 2.11 bits per heavy atom. The number of phenols is 1. The largest absolute Gasteiger partial charge is 0.508 e. The molecule has 0 bridgehead atoms. The van der Waals surface area contributed by atoms with E-state index in [2.05, 4.69) is 10.4 Å². The molecule has 2 rings (SSSR count). The highest BCUT2D eigenvalue weighted by atomic mass is 16.3. The van der Waals surface area contributed by atoms with Crippen molar-refractivity contribution in [1.82, 2.24) is 9.78 Å². The highest BCUT2D eigenvalue weighted by molar-refractivity contribution is 5.91. The topological polar surface area (TPSA) is 67.2 Å². The van der Waals surface area contributed by atoms with Gasteiger partial charge in [-0.15, -0.1) is 0 Å². The molecule has 0 unspecified atom stereocenters. The van der Waals surface area contributed by atoms with Gasteiger partial charge in [0.25, 0.3) is 0 Å². The summed E-state index contributed by atoms with van der Waals surface area (Å²) in [6.45, 7) is 5.72. The molecule has 0 saturated carbocycles. The van der Waals surface area contributed by atoms with Crippen LogP contribution in [0.2, 0.25) is 0 Å². The zero-order valence-corrected chi connectivity index (χ0v) is 11.3. The number of carbonyl (C=O) groups is 1. The molecule has 0 aliphatic carbocycles. The lowest BCUT2D eigenvalue weighted by Crippen LogP contribution is -2.20. The van der Waals surface area contributed by atoms with Crippen molar-refractivity contribution in [1.29, 1.82) is 0 Å². The number of nitrogens with zero attached hydrogens (tertiary/aromatic N) is 2. The first-order valence-corrected chi connectivity index (χ1v) is 6.07. The van der Waals surface area contributed by atoms with Crippen LogP contribution in [0.5, 0.6) is 5.75 Å². The number of nitrogens with one attached hydrogen (secondary N) is 1. The van der Waals surface area contributed by atoms with Gasteiger partial charge in [-0.2, -0.15) is 5.10 Å². The Kier molecular flexibility index (Phi) is 3.55. The summed E-state index contributed by atoms with van der Waals surface area (Å²) in [6.07, 6.45) is 0. The van der Waals surface area contributed by atoms with E-state index in [-0.39, 0.29) is 18.2 Å². The van der Waals surface area contributed by atoms with Crippen LogP contribution in [0.3, 0.4) is 0 Å². The molecule has 100 valence electrons. The molecular weight excluding hydrogens is 242 g/mol. The van der Waals surface area contributed by atoms with E-state index in [1.165, 1.54) is 0 Å². The number of aromatic nitrogens is 2. The molecule has 2 N–H and O–H groups in total. The fourth-order valence-electron chi connectivity index (χ4n) is 1.92. The summed E-state index contributed by atoms with van der Waals surface area (Å²) in [5.74, 6) is 0.00353. The van der Waals surface area contributed by atoms with Crippen molar-refractivity contribution < 1.29 is 9.90 Å². The number of aromatic hydroxyl groups is 1. The minimum absolute atomic E-state index is 0.161. The van der Waals surface area contributed by atoms with Gasteiger partial charge in [-0.05, 0) is 39.0 Å². The van der Waals surface area contributed by atoms with Gasteiger partial charge in [-0.1, -0.05) is 6.07 Å². The van der Waals surface area contributed by atoms with E-state index in [4.69, 9.17) is 0 Å². The van der Waals surface area contributed by atoms with Gasteiger partial charge in [0.15, 0.2) is 0 Å². The van der Waals surface area contributed by atoms with Gasteiger partial charge in [0.05, 0.1) is 5.69 Å². The Hall–Kier alpha value is -2.30. The predicted octanol–water partition coefficient (Wildman–Crippen LogP) is 2.15. The Morgan fingerprint density at radius 1 is 1.37 bits per heavy atom. The first kappa shape index (κ1) is 13.1. The lowest BCUT2D eigenvalue weighted by molar-refractivity contribution is -0.116. The molecule has 0 atom stereocenters. The molecule has 19 heavy (non-hydrogen) atoms. The standard InChI is InChI=1S/C14H17N3O2/c1-9-7-10(2)17(16-9)8-14(19)15-12-5-4-6-13(18)11(12)3/h4-7,18H,8H2,1-3H3,(H,15,19). The number of benzene rings is 1. The van der Waals surface area contributed by atoms with E-state index >= 15 is 0 Å². The number of aryl methyl sites for hydroxylation is 2. The van der Waals surface area contributed by atoms with E-state index in [1.807, 2.05) is 19.9 Å². The molecule has 0 fully saturated rings. The molecule has 5 nitrogen and oxygen atoms in total. The molecule has 1 aromatic heterocycles. The fourth-order valence-corrected chi connectivity index (χ4v) is 1.92. The van der Waals surface area contributed by atoms with Gasteiger partial charge in [-0.25, -0.2) is 0 Å². The molecular formula is C14H17N3O2. The van der Waals surface area contributed by atoms with Gasteiger partial charge in [0.1, 0.15) is 12.3 Å². The van der Waals surface area contributed by atoms with E-state index in [0.717, 1.165) is 11.4 Å². The van der Waals surface area contributed by atoms with Gasteiger partial charge in [-0.3, -0.25) is 9.48 Å². The Bertz CT molecular complexity index is 617. The second-order valence-corrected chi connectivity index (χ2v) is 4.58. The van der Waals surface area contributed by atoms with Crippen LogP contribution in [0, 0.1) is 20.8 Å². The fraction of sp³-hybridized carbons (Fsp3) is 0.286. The van der Waals surface area contributed by atoms with Crippen molar-refractivity contribution in [2.24, 2.45) is 0 Å². The van der Waals surface area contributed by atoms with E-state index in [1.54, 1.807) is 29.8 Å². The van der Waals surface area contributed by atoms with Crippen molar-refractivity contribution in [3.8, 4) is 5.75 Å². The molecule has 0 aliphatic heterocycles. The second-order valence-electron chi connectivity index (χ2n) is 4.58. The number of hydrogen-bond donors (Lipinski definition) is 2. The van der Waals surface area contributed by atoms with Crippen molar-refractivity contribution in [2.75, 3.05) is 5.32 Å². The maximum absolute atomic E-state index is 12.0. The number of rotatable bonds is 3. The number of amides is 1. The second kappa shape index (κ2) is 5.14. The summed E-state index contributed by atoms with van der Waals surface area (Å²) < 4.78 is 1.66. The van der Waals surface area contributed by atoms with Crippen LogP contribution in [0.15, 0.2) is 24.3 Å². The number of hydrogen-bond acceptors (Lipinski definition) is 3. The molecule has 0 spiro atoms. The molecule has 2 aromatic rings. The molecule has 1 aromatic carbocycles. The Balaban J connectivity index is 2.10. The van der Waals surface area contributed by atoms with Crippen LogP contribution in [0.25, 0.3) is 0 Å². The number of anilines is 1. The first-order valence-electron chi connectivity index (χ1n) is 6.07. The SMILES string of the molecule is Cc1cc(C)n(CC(=O)Nc2cccc(O)c2C)n1. The summed E-state index contributed by atoms with van der Waals surface area (Å²) in [7, 11) is 0. The van der Waals surface area contributed by atoms with Crippen LogP contribution in [-0.2, 0) is 11.3 Å². The van der Waals surface area contributed by atoms with Gasteiger partial charge in [0.2, 0.25) is 5.91 Å². The predicted molar refractivity (Wildman–Crippen MR) is 73.2 cm³/mol. The lowest BCUT2D eigenvalue weighted by Gasteiger charge is -2.10. The maximum Gasteiger partial charge on any atom is 0.246 e. The molecule has 5 heteroatoms. The van der Waals surface area contributed by atoms with Gasteiger partial charge >= 0.3 is 0 Å². The molecule has 1 heterocycles. The van der Waals surface area contributed by atoms with Gasteiger partial charge < -0.3 is 10.4 Å². The third-order valence-electron chi connectivity index (χ3n) is 2.98. The van der Waals surface area contributed by atoms with Crippen molar-refractivity contribution in [3.63, 3.8) is 0 Å². The highest BCUT2D eigenvalue weighted by Crippen LogP contribution is 2.23. The van der Waals surface area contributed by atoms with Crippen molar-refractivity contribution in [2.45, 2.75) is 27.3 Å². The summed E-state index contributed by atoms with van der Waals surface area (Å²) >= 11 is 0. The van der Waals surface area contributed by atoms with Crippen molar-refractivity contribution >= 4 is 11.6 Å². The van der Waals surface area contributed by atoms with Crippen LogP contribution >= 0.6 is 0 Å². The molecule has 1 amide bonds. The monoisotopic (exact) mass is 259 g/mol. The third kappa shape index (κ3) is 2.93. The lowest BCUT2D eigenvalue weighted by atomic mass is 10.2. The average Bonchev–Trinajstić information content (AvgIpc) is 2.64. The third-order valence-corrected chi connectivity index (χ3v) is 2.98. The average molecular weight is 259 g/mol. The quantitative estimate of drug-likeness (QED) is 0.887. The zero-order valence-electron chi connectivity index (χ0n) is 11.3. The van der Waals surface area contributed by atoms with Crippen LogP contribution in [0.4, 0.5) is 5.69 Å². The smallest absolute Gasteiger partial charge is 0.246 e. The molecule has 0 aliphatic rings. The summed E-state index contributed by atoms with van der Waals surface area (Å²) in [4.78, 5) is 12.0. The molecule has 0 saturated heterocycles. The van der Waals surface area contributed by atoms with Crippen LogP contribution < -0.4 is 5.32 Å². The Labute approximate surface area is 111 Å². The van der Waals surface area contributed by atoms with E-state index in [9.17, 15) is 9.90 Å². The number of phenolic OH excluding ortho intramolecular Hbond substituents is 1. The highest BCUT2D eigenvalue weighted by Gasteiger charge is 2.09. The Morgan fingerprint density at radius 3 is 2.74 bits per heavy atom. The van der Waals surface area contributed by atoms with Gasteiger partial charge in [0, 0.05) is 16.9 Å². The normalized spacial score (nSPS) is 10.5. The van der Waals surface area contributed by atoms with E-state index in [0.29, 0.717) is 11.3 Å². The summed E-state index contributed by atoms with van der Waals surface area (Å²) in [5, 5.41) is 16.6. The minimum Gasteiger partial charge on any atom is -0.508 e. The number of carbonyl (C=O) groups excluding carboxylic acids is 1. The first-order chi connectivity index (χ1) is 8.97. The van der Waals surface area contributed by atoms with Crippen molar-refractivity contribution in [3.05, 3.63) is 41.2 Å². The zero-order chi connectivity index (χ0) is 14.0. The summed E-state index contributed by atoms with van der Waals surface area (Å²) in [6, 6.07) is 6.97. The van der Waals surface area contributed by atoms with Crippen LogP contribution in [0.1, 0.15) is 17.0 Å². The maximum atomic E-state index is 12.0. The minimum atomic E-state index is -0.167. The summed E-state index contributed by atoms with van der Waals surface area (Å²) in [5.41, 5.74) is 3.11. The van der Waals surface area contributed by atoms with E-state index < -0.39 is 0 Å². The van der Waals surface area contributed by atoms with Crippen LogP contribution in [-0.4, -0.2) is 20.8 Å².